The Bertz CT molecular complexity index is 764. The highest BCUT2D eigenvalue weighted by molar-refractivity contribution is 7.89. The van der Waals surface area contributed by atoms with Crippen LogP contribution in [0.1, 0.15) is 25.8 Å². The number of carbonyl (C=O) groups is 2. The van der Waals surface area contributed by atoms with Gasteiger partial charge in [-0.2, -0.15) is 4.72 Å². The van der Waals surface area contributed by atoms with Gasteiger partial charge >= 0.3 is 5.97 Å². The van der Waals surface area contributed by atoms with Crippen molar-refractivity contribution in [3.63, 3.8) is 0 Å². The molecule has 0 saturated heterocycles. The van der Waals surface area contributed by atoms with Crippen molar-refractivity contribution in [1.29, 1.82) is 0 Å². The number of esters is 1. The van der Waals surface area contributed by atoms with Crippen LogP contribution < -0.4 is 10.0 Å². The largest absolute Gasteiger partial charge is 0.454 e. The normalized spacial score (nSPS) is 12.3. The number of aryl methyl sites for hydroxylation is 1. The lowest BCUT2D eigenvalue weighted by atomic mass is 10.1. The first-order chi connectivity index (χ1) is 12.2. The summed E-state index contributed by atoms with van der Waals surface area (Å²) in [5, 5.41) is 2.36. The third-order valence-electron chi connectivity index (χ3n) is 3.35. The lowest BCUT2D eigenvalue weighted by Crippen LogP contribution is -2.43. The highest BCUT2D eigenvalue weighted by Crippen LogP contribution is 2.14. The molecule has 0 saturated carbocycles. The van der Waals surface area contributed by atoms with Crippen molar-refractivity contribution < 1.29 is 22.7 Å². The third-order valence-corrected chi connectivity index (χ3v) is 4.84. The Morgan fingerprint density at radius 1 is 1.23 bits per heavy atom. The molecule has 8 heteroatoms. The molecule has 7 nitrogen and oxygen atoms in total. The maximum Gasteiger partial charge on any atom is 0.324 e. The summed E-state index contributed by atoms with van der Waals surface area (Å²) in [6.07, 6.45) is 5.25. The van der Waals surface area contributed by atoms with Crippen LogP contribution in [-0.4, -0.2) is 39.5 Å². The SMILES string of the molecule is C#CCNC(=O)COC(=O)[C@H](CC(C)C)NS(=O)(=O)c1ccc(C)cc1. The molecule has 0 heterocycles. The van der Waals surface area contributed by atoms with Gasteiger partial charge in [0.25, 0.3) is 5.91 Å². The molecule has 0 bridgehead atoms. The fourth-order valence-electron chi connectivity index (χ4n) is 2.07. The quantitative estimate of drug-likeness (QED) is 0.491. The van der Waals surface area contributed by atoms with Crippen LogP contribution in [0.3, 0.4) is 0 Å². The molecule has 0 aromatic heterocycles. The lowest BCUT2D eigenvalue weighted by Gasteiger charge is -2.19. The van der Waals surface area contributed by atoms with Crippen LogP contribution >= 0.6 is 0 Å². The summed E-state index contributed by atoms with van der Waals surface area (Å²) >= 11 is 0. The fraction of sp³-hybridized carbons (Fsp3) is 0.444. The number of sulfonamides is 1. The minimum absolute atomic E-state index is 0.0197. The van der Waals surface area contributed by atoms with E-state index in [1.807, 2.05) is 20.8 Å². The van der Waals surface area contributed by atoms with Gasteiger partial charge in [0.1, 0.15) is 6.04 Å². The monoisotopic (exact) mass is 380 g/mol. The topological polar surface area (TPSA) is 102 Å². The van der Waals surface area contributed by atoms with E-state index in [9.17, 15) is 18.0 Å². The second kappa shape index (κ2) is 9.94. The highest BCUT2D eigenvalue weighted by atomic mass is 32.2. The van der Waals surface area contributed by atoms with E-state index in [-0.39, 0.29) is 23.8 Å². The van der Waals surface area contributed by atoms with Crippen molar-refractivity contribution in [2.45, 2.75) is 38.1 Å². The summed E-state index contributed by atoms with van der Waals surface area (Å²) in [6, 6.07) is 5.16. The zero-order valence-corrected chi connectivity index (χ0v) is 15.9. The molecule has 0 fully saturated rings. The van der Waals surface area contributed by atoms with Gasteiger partial charge in [0.2, 0.25) is 10.0 Å². The van der Waals surface area contributed by atoms with Gasteiger partial charge in [0, 0.05) is 0 Å². The molecule has 1 atom stereocenters. The molecule has 0 aliphatic heterocycles. The number of benzene rings is 1. The van der Waals surface area contributed by atoms with Gasteiger partial charge in [-0.15, -0.1) is 6.42 Å². The van der Waals surface area contributed by atoms with Gasteiger partial charge in [-0.1, -0.05) is 37.5 Å². The fourth-order valence-corrected chi connectivity index (χ4v) is 3.27. The van der Waals surface area contributed by atoms with Crippen LogP contribution in [0.2, 0.25) is 0 Å². The van der Waals surface area contributed by atoms with Gasteiger partial charge in [-0.3, -0.25) is 9.59 Å². The summed E-state index contributed by atoms with van der Waals surface area (Å²) in [5.74, 6) is 0.886. The first kappa shape index (κ1) is 21.7. The number of rotatable bonds is 9. The molecule has 0 radical (unpaired) electrons. The first-order valence-electron chi connectivity index (χ1n) is 8.11. The van der Waals surface area contributed by atoms with E-state index < -0.39 is 34.5 Å². The summed E-state index contributed by atoms with van der Waals surface area (Å²) in [5.41, 5.74) is 0.917. The van der Waals surface area contributed by atoms with Gasteiger partial charge in [-0.05, 0) is 31.4 Å². The van der Waals surface area contributed by atoms with Crippen molar-refractivity contribution in [2.24, 2.45) is 5.92 Å². The molecule has 1 amide bonds. The summed E-state index contributed by atoms with van der Waals surface area (Å²) in [4.78, 5) is 23.8. The van der Waals surface area contributed by atoms with Crippen LogP contribution in [0, 0.1) is 25.2 Å². The summed E-state index contributed by atoms with van der Waals surface area (Å²) < 4.78 is 32.3. The highest BCUT2D eigenvalue weighted by Gasteiger charge is 2.28. The Hall–Kier alpha value is -2.37. The number of carbonyl (C=O) groups excluding carboxylic acids is 2. The Labute approximate surface area is 154 Å². The van der Waals surface area contributed by atoms with E-state index in [1.54, 1.807) is 12.1 Å². The van der Waals surface area contributed by atoms with E-state index >= 15 is 0 Å². The number of ether oxygens (including phenoxy) is 1. The Morgan fingerprint density at radius 2 is 1.85 bits per heavy atom. The van der Waals surface area contributed by atoms with E-state index in [0.29, 0.717) is 0 Å². The standard InChI is InChI=1S/C18H24N2O5S/c1-5-10-19-17(21)12-25-18(22)16(11-13(2)3)20-26(23,24)15-8-6-14(4)7-9-15/h1,6-9,13,16,20H,10-12H2,2-4H3,(H,19,21)/t16-/m0/s1. The predicted octanol–water partition coefficient (Wildman–Crippen LogP) is 0.981. The Balaban J connectivity index is 2.82. The lowest BCUT2D eigenvalue weighted by molar-refractivity contribution is -0.150. The molecular weight excluding hydrogens is 356 g/mol. The number of hydrogen-bond acceptors (Lipinski definition) is 5. The van der Waals surface area contributed by atoms with E-state index in [2.05, 4.69) is 16.0 Å². The smallest absolute Gasteiger partial charge is 0.324 e. The van der Waals surface area contributed by atoms with Gasteiger partial charge in [0.15, 0.2) is 6.61 Å². The Kier molecular flexibility index (Phi) is 8.29. The van der Waals surface area contributed by atoms with Crippen molar-refractivity contribution >= 4 is 21.9 Å². The third kappa shape index (κ3) is 7.25. The van der Waals surface area contributed by atoms with Crippen molar-refractivity contribution in [3.8, 4) is 12.3 Å². The van der Waals surface area contributed by atoms with Crippen LogP contribution in [0.15, 0.2) is 29.2 Å². The zero-order valence-electron chi connectivity index (χ0n) is 15.1. The maximum atomic E-state index is 12.5. The second-order valence-electron chi connectivity index (χ2n) is 6.21. The number of hydrogen-bond donors (Lipinski definition) is 2. The van der Waals surface area contributed by atoms with Crippen LogP contribution in [0.5, 0.6) is 0 Å². The molecular formula is C18H24N2O5S. The molecule has 142 valence electrons. The number of amides is 1. The molecule has 0 aliphatic rings. The summed E-state index contributed by atoms with van der Waals surface area (Å²) in [6.45, 7) is 5.03. The molecule has 2 N–H and O–H groups in total. The first-order valence-corrected chi connectivity index (χ1v) is 9.60. The van der Waals surface area contributed by atoms with Crippen LogP contribution in [-0.2, 0) is 24.3 Å². The van der Waals surface area contributed by atoms with Gasteiger partial charge in [0.05, 0.1) is 11.4 Å². The zero-order chi connectivity index (χ0) is 19.7. The van der Waals surface area contributed by atoms with Crippen LogP contribution in [0.25, 0.3) is 0 Å². The second-order valence-corrected chi connectivity index (χ2v) is 7.92. The average Bonchev–Trinajstić information content (AvgIpc) is 2.57. The average molecular weight is 380 g/mol. The molecule has 0 spiro atoms. The van der Waals surface area contributed by atoms with E-state index in [4.69, 9.17) is 11.2 Å². The van der Waals surface area contributed by atoms with Gasteiger partial charge < -0.3 is 10.1 Å². The molecule has 0 unspecified atom stereocenters. The van der Waals surface area contributed by atoms with Gasteiger partial charge in [-0.25, -0.2) is 8.42 Å². The minimum Gasteiger partial charge on any atom is -0.454 e. The predicted molar refractivity (Wildman–Crippen MR) is 97.5 cm³/mol. The van der Waals surface area contributed by atoms with Crippen molar-refractivity contribution in [3.05, 3.63) is 29.8 Å². The van der Waals surface area contributed by atoms with E-state index in [0.717, 1.165) is 5.56 Å². The molecule has 1 rings (SSSR count). The number of terminal acetylenes is 1. The maximum absolute atomic E-state index is 12.5. The minimum atomic E-state index is -3.90. The molecule has 26 heavy (non-hydrogen) atoms. The van der Waals surface area contributed by atoms with Crippen molar-refractivity contribution in [2.75, 3.05) is 13.2 Å². The van der Waals surface area contributed by atoms with Crippen molar-refractivity contribution in [1.82, 2.24) is 10.0 Å². The van der Waals surface area contributed by atoms with E-state index in [1.165, 1.54) is 12.1 Å². The molecule has 0 aliphatic carbocycles. The Morgan fingerprint density at radius 3 is 2.38 bits per heavy atom. The summed E-state index contributed by atoms with van der Waals surface area (Å²) in [7, 11) is -3.90. The van der Waals surface area contributed by atoms with Crippen LogP contribution in [0.4, 0.5) is 0 Å². The molecule has 1 aromatic rings. The number of nitrogens with one attached hydrogen (secondary N) is 2. The molecule has 1 aromatic carbocycles.